The van der Waals surface area contributed by atoms with Crippen molar-refractivity contribution in [2.24, 2.45) is 5.73 Å². The summed E-state index contributed by atoms with van der Waals surface area (Å²) in [7, 11) is 0. The van der Waals surface area contributed by atoms with Gasteiger partial charge in [-0.1, -0.05) is 23.7 Å². The molecule has 1 aromatic rings. The minimum Gasteiger partial charge on any atom is -0.370 e. The summed E-state index contributed by atoms with van der Waals surface area (Å²) < 4.78 is 0. The van der Waals surface area contributed by atoms with Gasteiger partial charge in [0, 0.05) is 0 Å². The van der Waals surface area contributed by atoms with Crippen molar-refractivity contribution >= 4 is 35.0 Å². The predicted molar refractivity (Wildman–Crippen MR) is 73.6 cm³/mol. The molecular formula is C12H15ClN2OS. The molecule has 2 rings (SSSR count). The second-order valence-corrected chi connectivity index (χ2v) is 5.80. The number of carbonyl (C=O) groups excluding carboxylic acids is 1. The molecule has 0 aromatic heterocycles. The lowest BCUT2D eigenvalue weighted by Gasteiger charge is -2.36. The Bertz CT molecular complexity index is 419. The van der Waals surface area contributed by atoms with Crippen molar-refractivity contribution in [1.29, 1.82) is 0 Å². The van der Waals surface area contributed by atoms with Crippen LogP contribution in [0.5, 0.6) is 0 Å². The summed E-state index contributed by atoms with van der Waals surface area (Å²) in [6.07, 6.45) is 1.50. The summed E-state index contributed by atoms with van der Waals surface area (Å²) in [6, 6.07) is 7.42. The largest absolute Gasteiger partial charge is 0.370 e. The van der Waals surface area contributed by atoms with E-state index < -0.39 is 5.54 Å². The van der Waals surface area contributed by atoms with Crippen LogP contribution in [0.1, 0.15) is 12.8 Å². The number of halogens is 1. The molecule has 1 fully saturated rings. The number of nitrogens with two attached hydrogens (primary N) is 1. The molecular weight excluding hydrogens is 256 g/mol. The van der Waals surface area contributed by atoms with Gasteiger partial charge in [0.2, 0.25) is 5.91 Å². The highest BCUT2D eigenvalue weighted by atomic mass is 35.5. The van der Waals surface area contributed by atoms with E-state index in [0.29, 0.717) is 5.02 Å². The highest BCUT2D eigenvalue weighted by molar-refractivity contribution is 7.99. The van der Waals surface area contributed by atoms with E-state index in [1.165, 1.54) is 0 Å². The average molecular weight is 271 g/mol. The van der Waals surface area contributed by atoms with Gasteiger partial charge in [-0.05, 0) is 36.5 Å². The van der Waals surface area contributed by atoms with Gasteiger partial charge in [-0.2, -0.15) is 11.8 Å². The third kappa shape index (κ3) is 2.69. The van der Waals surface area contributed by atoms with Crippen LogP contribution in [-0.2, 0) is 4.79 Å². The number of benzene rings is 1. The van der Waals surface area contributed by atoms with Crippen LogP contribution in [0, 0.1) is 0 Å². The second-order valence-electron chi connectivity index (χ2n) is 4.16. The summed E-state index contributed by atoms with van der Waals surface area (Å²) in [4.78, 5) is 11.7. The molecule has 1 aliphatic rings. The third-order valence-electron chi connectivity index (χ3n) is 3.07. The van der Waals surface area contributed by atoms with Crippen LogP contribution >= 0.6 is 23.4 Å². The zero-order valence-corrected chi connectivity index (χ0v) is 11.0. The lowest BCUT2D eigenvalue weighted by Crippen LogP contribution is -2.52. The second kappa shape index (κ2) is 5.19. The van der Waals surface area contributed by atoms with Crippen LogP contribution in [0.25, 0.3) is 0 Å². The first-order chi connectivity index (χ1) is 8.14. The zero-order chi connectivity index (χ0) is 12.3. The first-order valence-corrected chi connectivity index (χ1v) is 7.08. The van der Waals surface area contributed by atoms with Gasteiger partial charge < -0.3 is 11.1 Å². The van der Waals surface area contributed by atoms with Crippen LogP contribution in [0.4, 0.5) is 5.69 Å². The van der Waals surface area contributed by atoms with Crippen molar-refractivity contribution in [2.45, 2.75) is 18.4 Å². The Hall–Kier alpha value is -0.870. The fourth-order valence-electron chi connectivity index (χ4n) is 1.97. The minimum absolute atomic E-state index is 0.294. The van der Waals surface area contributed by atoms with E-state index >= 15 is 0 Å². The summed E-state index contributed by atoms with van der Waals surface area (Å²) in [5.41, 5.74) is 5.68. The van der Waals surface area contributed by atoms with Gasteiger partial charge in [0.05, 0.1) is 10.7 Å². The number of hydrogen-bond acceptors (Lipinski definition) is 3. The average Bonchev–Trinajstić information content (AvgIpc) is 2.33. The highest BCUT2D eigenvalue weighted by Crippen LogP contribution is 2.32. The van der Waals surface area contributed by atoms with Gasteiger partial charge >= 0.3 is 0 Å². The molecule has 1 saturated heterocycles. The molecule has 1 aromatic carbocycles. The van der Waals surface area contributed by atoms with Crippen LogP contribution in [0.3, 0.4) is 0 Å². The maximum atomic E-state index is 11.7. The van der Waals surface area contributed by atoms with Crippen molar-refractivity contribution in [2.75, 3.05) is 16.8 Å². The predicted octanol–water partition coefficient (Wildman–Crippen LogP) is 2.50. The number of para-hydroxylation sites is 1. The molecule has 0 radical (unpaired) electrons. The maximum Gasteiger partial charge on any atom is 0.243 e. The van der Waals surface area contributed by atoms with E-state index in [0.717, 1.165) is 30.0 Å². The Morgan fingerprint density at radius 2 is 2.00 bits per heavy atom. The van der Waals surface area contributed by atoms with E-state index in [2.05, 4.69) is 5.32 Å². The Balaban J connectivity index is 2.24. The number of rotatable bonds is 3. The molecule has 0 spiro atoms. The Morgan fingerprint density at radius 1 is 1.35 bits per heavy atom. The van der Waals surface area contributed by atoms with Gasteiger partial charge in [0.1, 0.15) is 5.54 Å². The first kappa shape index (κ1) is 12.6. The fraction of sp³-hybridized carbons (Fsp3) is 0.417. The SMILES string of the molecule is NC(=O)C1(Nc2ccccc2Cl)CCSCC1. The Kier molecular flexibility index (Phi) is 3.84. The van der Waals surface area contributed by atoms with E-state index in [1.54, 1.807) is 6.07 Å². The van der Waals surface area contributed by atoms with Gasteiger partial charge in [-0.25, -0.2) is 0 Å². The molecule has 0 aliphatic carbocycles. The van der Waals surface area contributed by atoms with Crippen LogP contribution < -0.4 is 11.1 Å². The molecule has 0 unspecified atom stereocenters. The topological polar surface area (TPSA) is 55.1 Å². The molecule has 17 heavy (non-hydrogen) atoms. The molecule has 0 bridgehead atoms. The molecule has 3 nitrogen and oxygen atoms in total. The number of amides is 1. The summed E-state index contributed by atoms with van der Waals surface area (Å²) in [5.74, 6) is 1.60. The first-order valence-electron chi connectivity index (χ1n) is 5.54. The lowest BCUT2D eigenvalue weighted by atomic mass is 9.91. The van der Waals surface area contributed by atoms with Crippen LogP contribution in [0.2, 0.25) is 5.02 Å². The van der Waals surface area contributed by atoms with Crippen molar-refractivity contribution in [3.05, 3.63) is 29.3 Å². The van der Waals surface area contributed by atoms with Gasteiger partial charge in [-0.3, -0.25) is 4.79 Å². The molecule has 0 atom stereocenters. The molecule has 1 aliphatic heterocycles. The molecule has 5 heteroatoms. The third-order valence-corrected chi connectivity index (χ3v) is 4.38. The van der Waals surface area contributed by atoms with Crippen molar-refractivity contribution < 1.29 is 4.79 Å². The Morgan fingerprint density at radius 3 is 2.59 bits per heavy atom. The fourth-order valence-corrected chi connectivity index (χ4v) is 3.35. The number of primary amides is 1. The Labute approximate surface area is 110 Å². The molecule has 92 valence electrons. The summed E-state index contributed by atoms with van der Waals surface area (Å²) in [6.45, 7) is 0. The van der Waals surface area contributed by atoms with Crippen LogP contribution in [0.15, 0.2) is 24.3 Å². The van der Waals surface area contributed by atoms with Gasteiger partial charge in [0.25, 0.3) is 0 Å². The lowest BCUT2D eigenvalue weighted by molar-refractivity contribution is -0.122. The van der Waals surface area contributed by atoms with Gasteiger partial charge in [-0.15, -0.1) is 0 Å². The number of carbonyl (C=O) groups is 1. The number of thioether (sulfide) groups is 1. The standard InChI is InChI=1S/C12H15ClN2OS/c13-9-3-1-2-4-10(9)15-12(11(14)16)5-7-17-8-6-12/h1-4,15H,5-8H2,(H2,14,16). The maximum absolute atomic E-state index is 11.7. The van der Waals surface area contributed by atoms with Crippen molar-refractivity contribution in [3.8, 4) is 0 Å². The van der Waals surface area contributed by atoms with E-state index in [1.807, 2.05) is 30.0 Å². The quantitative estimate of drug-likeness (QED) is 0.887. The number of nitrogens with one attached hydrogen (secondary N) is 1. The van der Waals surface area contributed by atoms with Crippen molar-refractivity contribution in [3.63, 3.8) is 0 Å². The smallest absolute Gasteiger partial charge is 0.243 e. The van der Waals surface area contributed by atoms with Crippen LogP contribution in [-0.4, -0.2) is 23.0 Å². The van der Waals surface area contributed by atoms with Gasteiger partial charge in [0.15, 0.2) is 0 Å². The molecule has 1 amide bonds. The van der Waals surface area contributed by atoms with E-state index in [-0.39, 0.29) is 5.91 Å². The van der Waals surface area contributed by atoms with Crippen molar-refractivity contribution in [1.82, 2.24) is 0 Å². The number of anilines is 1. The molecule has 1 heterocycles. The highest BCUT2D eigenvalue weighted by Gasteiger charge is 2.38. The van der Waals surface area contributed by atoms with E-state index in [4.69, 9.17) is 17.3 Å². The summed E-state index contributed by atoms with van der Waals surface area (Å²) >= 11 is 7.94. The molecule has 0 saturated carbocycles. The van der Waals surface area contributed by atoms with E-state index in [9.17, 15) is 4.79 Å². The monoisotopic (exact) mass is 270 g/mol. The summed E-state index contributed by atoms with van der Waals surface area (Å²) in [5, 5.41) is 3.86. The number of hydrogen-bond donors (Lipinski definition) is 2. The molecule has 3 N–H and O–H groups in total. The zero-order valence-electron chi connectivity index (χ0n) is 9.41. The minimum atomic E-state index is -0.643. The normalized spacial score (nSPS) is 18.6.